The summed E-state index contributed by atoms with van der Waals surface area (Å²) in [4.78, 5) is 14.0. The number of carbonyl (C=O) groups excluding carboxylic acids is 1. The number of amides is 1. The summed E-state index contributed by atoms with van der Waals surface area (Å²) in [7, 11) is 1.72. The standard InChI is InChI=1S/C16H21F3N2O.ClH/c1-11(9-15(22)21(2)12-7-8-20-10-12)13-5-3-4-6-14(13)16(17,18)19;/h3-6,11-12,20H,7-10H2,1-2H3;1H. The summed E-state index contributed by atoms with van der Waals surface area (Å²) in [6, 6.07) is 5.61. The van der Waals surface area contributed by atoms with E-state index in [9.17, 15) is 18.0 Å². The monoisotopic (exact) mass is 350 g/mol. The first kappa shape index (κ1) is 19.8. The first-order valence-electron chi connectivity index (χ1n) is 7.43. The van der Waals surface area contributed by atoms with Gasteiger partial charge in [0.05, 0.1) is 5.56 Å². The van der Waals surface area contributed by atoms with E-state index in [2.05, 4.69) is 5.32 Å². The van der Waals surface area contributed by atoms with Crippen LogP contribution >= 0.6 is 12.4 Å². The second-order valence-corrected chi connectivity index (χ2v) is 5.84. The maximum Gasteiger partial charge on any atom is 0.416 e. The highest BCUT2D eigenvalue weighted by molar-refractivity contribution is 5.85. The van der Waals surface area contributed by atoms with Crippen molar-refractivity contribution in [1.29, 1.82) is 0 Å². The van der Waals surface area contributed by atoms with Crippen LogP contribution in [0.5, 0.6) is 0 Å². The summed E-state index contributed by atoms with van der Waals surface area (Å²) in [5, 5.41) is 3.18. The average Bonchev–Trinajstić information content (AvgIpc) is 2.99. The minimum Gasteiger partial charge on any atom is -0.341 e. The molecule has 0 aliphatic carbocycles. The Morgan fingerprint density at radius 2 is 2.04 bits per heavy atom. The maximum absolute atomic E-state index is 13.0. The molecular formula is C16H22ClF3N2O. The van der Waals surface area contributed by atoms with Crippen molar-refractivity contribution in [2.24, 2.45) is 0 Å². The molecule has 130 valence electrons. The van der Waals surface area contributed by atoms with E-state index in [1.807, 2.05) is 0 Å². The Kier molecular flexibility index (Phi) is 6.89. The van der Waals surface area contributed by atoms with Crippen LogP contribution in [0.25, 0.3) is 0 Å². The first-order valence-corrected chi connectivity index (χ1v) is 7.43. The quantitative estimate of drug-likeness (QED) is 0.902. The van der Waals surface area contributed by atoms with Gasteiger partial charge >= 0.3 is 6.18 Å². The molecule has 7 heteroatoms. The summed E-state index contributed by atoms with van der Waals surface area (Å²) in [5.74, 6) is -0.583. The lowest BCUT2D eigenvalue weighted by Crippen LogP contribution is -2.38. The van der Waals surface area contributed by atoms with Crippen molar-refractivity contribution in [2.75, 3.05) is 20.1 Å². The van der Waals surface area contributed by atoms with Crippen LogP contribution in [0.4, 0.5) is 13.2 Å². The molecule has 0 bridgehead atoms. The lowest BCUT2D eigenvalue weighted by atomic mass is 9.92. The van der Waals surface area contributed by atoms with Gasteiger partial charge in [0.25, 0.3) is 0 Å². The Hall–Kier alpha value is -1.27. The van der Waals surface area contributed by atoms with Crippen molar-refractivity contribution in [3.63, 3.8) is 0 Å². The number of likely N-dealkylation sites (N-methyl/N-ethyl adjacent to an activating group) is 1. The molecule has 0 saturated carbocycles. The lowest BCUT2D eigenvalue weighted by molar-refractivity contribution is -0.139. The molecule has 2 unspecified atom stereocenters. The van der Waals surface area contributed by atoms with E-state index in [1.165, 1.54) is 12.1 Å². The Morgan fingerprint density at radius 1 is 1.39 bits per heavy atom. The van der Waals surface area contributed by atoms with Crippen LogP contribution in [0.1, 0.15) is 36.8 Å². The van der Waals surface area contributed by atoms with Gasteiger partial charge in [0, 0.05) is 26.1 Å². The molecule has 1 saturated heterocycles. The molecule has 1 heterocycles. The minimum absolute atomic E-state index is 0. The summed E-state index contributed by atoms with van der Waals surface area (Å²) >= 11 is 0. The van der Waals surface area contributed by atoms with Crippen LogP contribution in [0.2, 0.25) is 0 Å². The van der Waals surface area contributed by atoms with E-state index >= 15 is 0 Å². The van der Waals surface area contributed by atoms with Crippen LogP contribution in [-0.2, 0) is 11.0 Å². The number of nitrogens with one attached hydrogen (secondary N) is 1. The Labute approximate surface area is 140 Å². The normalized spacial score (nSPS) is 19.1. The fraction of sp³-hybridized carbons (Fsp3) is 0.562. The summed E-state index contributed by atoms with van der Waals surface area (Å²) in [6.07, 6.45) is -3.43. The molecule has 1 aromatic rings. The third-order valence-corrected chi connectivity index (χ3v) is 4.25. The van der Waals surface area contributed by atoms with Crippen molar-refractivity contribution in [3.8, 4) is 0 Å². The van der Waals surface area contributed by atoms with E-state index in [0.717, 1.165) is 25.6 Å². The molecule has 2 rings (SSSR count). The van der Waals surface area contributed by atoms with Crippen LogP contribution < -0.4 is 5.32 Å². The van der Waals surface area contributed by atoms with Crippen LogP contribution in [0.3, 0.4) is 0 Å². The van der Waals surface area contributed by atoms with Crippen molar-refractivity contribution in [3.05, 3.63) is 35.4 Å². The lowest BCUT2D eigenvalue weighted by Gasteiger charge is -2.26. The number of hydrogen-bond donors (Lipinski definition) is 1. The SMILES string of the molecule is CC(CC(=O)N(C)C1CCNC1)c1ccccc1C(F)(F)F.Cl. The highest BCUT2D eigenvalue weighted by atomic mass is 35.5. The second-order valence-electron chi connectivity index (χ2n) is 5.84. The predicted molar refractivity (Wildman–Crippen MR) is 85.8 cm³/mol. The zero-order valence-electron chi connectivity index (χ0n) is 13.2. The summed E-state index contributed by atoms with van der Waals surface area (Å²) in [5.41, 5.74) is -0.471. The van der Waals surface area contributed by atoms with Gasteiger partial charge in [-0.25, -0.2) is 0 Å². The van der Waals surface area contributed by atoms with E-state index < -0.39 is 17.7 Å². The van der Waals surface area contributed by atoms with Crippen molar-refractivity contribution in [2.45, 2.75) is 37.9 Å². The molecule has 23 heavy (non-hydrogen) atoms. The minimum atomic E-state index is -4.39. The number of hydrogen-bond acceptors (Lipinski definition) is 2. The third kappa shape index (κ3) is 4.85. The van der Waals surface area contributed by atoms with Gasteiger partial charge in [-0.1, -0.05) is 25.1 Å². The van der Waals surface area contributed by atoms with Gasteiger partial charge in [-0.3, -0.25) is 4.79 Å². The number of rotatable bonds is 4. The molecule has 0 spiro atoms. The highest BCUT2D eigenvalue weighted by Crippen LogP contribution is 2.36. The summed E-state index contributed by atoms with van der Waals surface area (Å²) in [6.45, 7) is 3.29. The van der Waals surface area contributed by atoms with Gasteiger partial charge in [-0.05, 0) is 30.5 Å². The molecular weight excluding hydrogens is 329 g/mol. The van der Waals surface area contributed by atoms with E-state index in [1.54, 1.807) is 24.9 Å². The molecule has 1 aromatic carbocycles. The van der Waals surface area contributed by atoms with E-state index in [4.69, 9.17) is 0 Å². The zero-order valence-corrected chi connectivity index (χ0v) is 14.0. The zero-order chi connectivity index (χ0) is 16.3. The summed E-state index contributed by atoms with van der Waals surface area (Å²) < 4.78 is 39.1. The van der Waals surface area contributed by atoms with Gasteiger partial charge < -0.3 is 10.2 Å². The van der Waals surface area contributed by atoms with Gasteiger partial charge in [-0.2, -0.15) is 13.2 Å². The van der Waals surface area contributed by atoms with Gasteiger partial charge in [0.15, 0.2) is 0 Å². The Bertz CT molecular complexity index is 530. The number of alkyl halides is 3. The van der Waals surface area contributed by atoms with Gasteiger partial charge in [0.1, 0.15) is 0 Å². The molecule has 0 radical (unpaired) electrons. The second kappa shape index (κ2) is 8.02. The highest BCUT2D eigenvalue weighted by Gasteiger charge is 2.34. The first-order chi connectivity index (χ1) is 10.3. The van der Waals surface area contributed by atoms with E-state index in [0.29, 0.717) is 0 Å². The Balaban J connectivity index is 0.00000264. The number of nitrogens with zero attached hydrogens (tertiary/aromatic N) is 1. The van der Waals surface area contributed by atoms with Crippen LogP contribution in [-0.4, -0.2) is 37.0 Å². The number of halogens is 4. The van der Waals surface area contributed by atoms with Crippen LogP contribution in [0.15, 0.2) is 24.3 Å². The topological polar surface area (TPSA) is 32.3 Å². The van der Waals surface area contributed by atoms with Gasteiger partial charge in [0.2, 0.25) is 5.91 Å². The largest absolute Gasteiger partial charge is 0.416 e. The molecule has 1 amide bonds. The van der Waals surface area contributed by atoms with Gasteiger partial charge in [-0.15, -0.1) is 12.4 Å². The Morgan fingerprint density at radius 3 is 2.61 bits per heavy atom. The molecule has 1 aliphatic heterocycles. The predicted octanol–water partition coefficient (Wildman–Crippen LogP) is 3.44. The fourth-order valence-corrected chi connectivity index (χ4v) is 2.87. The molecule has 2 atom stereocenters. The molecule has 1 aliphatic rings. The molecule has 0 aromatic heterocycles. The molecule has 3 nitrogen and oxygen atoms in total. The average molecular weight is 351 g/mol. The van der Waals surface area contributed by atoms with E-state index in [-0.39, 0.29) is 36.3 Å². The van der Waals surface area contributed by atoms with Crippen LogP contribution in [0, 0.1) is 0 Å². The van der Waals surface area contributed by atoms with Crippen molar-refractivity contribution in [1.82, 2.24) is 10.2 Å². The molecule has 1 fully saturated rings. The number of carbonyl (C=O) groups is 1. The smallest absolute Gasteiger partial charge is 0.341 e. The number of benzene rings is 1. The molecule has 1 N–H and O–H groups in total. The fourth-order valence-electron chi connectivity index (χ4n) is 2.87. The maximum atomic E-state index is 13.0. The van der Waals surface area contributed by atoms with Crippen molar-refractivity contribution < 1.29 is 18.0 Å². The van der Waals surface area contributed by atoms with Crippen molar-refractivity contribution >= 4 is 18.3 Å². The third-order valence-electron chi connectivity index (χ3n) is 4.25.